The molecule has 5 heteroatoms. The molecule has 2 atom stereocenters. The second kappa shape index (κ2) is 16.4. The van der Waals surface area contributed by atoms with Crippen molar-refractivity contribution in [2.45, 2.75) is 180 Å². The predicted octanol–water partition coefficient (Wildman–Crippen LogP) is 18.6. The number of anilines is 8. The number of hydrogen-bond donors (Lipinski definition) is 0. The van der Waals surface area contributed by atoms with Crippen LogP contribution in [0.25, 0.3) is 21.9 Å². The van der Waals surface area contributed by atoms with Gasteiger partial charge in [-0.2, -0.15) is 0 Å². The Kier molecular flexibility index (Phi) is 10.3. The van der Waals surface area contributed by atoms with Crippen molar-refractivity contribution in [1.29, 1.82) is 0 Å². The fourth-order valence-electron chi connectivity index (χ4n) is 17.2. The monoisotopic (exact) mass is 1060 g/mol. The van der Waals surface area contributed by atoms with Crippen LogP contribution >= 0.6 is 0 Å². The first kappa shape index (κ1) is 50.9. The van der Waals surface area contributed by atoms with E-state index in [1.54, 1.807) is 0 Å². The van der Waals surface area contributed by atoms with Gasteiger partial charge in [0.05, 0.1) is 16.6 Å². The van der Waals surface area contributed by atoms with Crippen molar-refractivity contribution in [2.24, 2.45) is 0 Å². The van der Waals surface area contributed by atoms with E-state index in [9.17, 15) is 0 Å². The zero-order chi connectivity index (χ0) is 56.5. The third-order valence-corrected chi connectivity index (χ3v) is 22.2. The molecule has 3 aliphatic heterocycles. The van der Waals surface area contributed by atoms with Gasteiger partial charge in [0.15, 0.2) is 0 Å². The van der Waals surface area contributed by atoms with Crippen LogP contribution < -0.4 is 31.1 Å². The summed E-state index contributed by atoms with van der Waals surface area (Å²) in [5.41, 5.74) is 29.7. The zero-order valence-corrected chi connectivity index (χ0v) is 50.8. The van der Waals surface area contributed by atoms with E-state index in [2.05, 4.69) is 258 Å². The average molecular weight is 1060 g/mol. The fraction of sp³-hybridized carbons (Fsp3) is 0.368. The van der Waals surface area contributed by atoms with Gasteiger partial charge < -0.3 is 19.1 Å². The molecule has 2 unspecified atom stereocenters. The zero-order valence-electron chi connectivity index (χ0n) is 50.8. The number of benzene rings is 8. The van der Waals surface area contributed by atoms with Crippen molar-refractivity contribution >= 4 is 90.5 Å². The second-order valence-corrected chi connectivity index (χ2v) is 29.6. The smallest absolute Gasteiger partial charge is 0.252 e. The molecule has 1 fully saturated rings. The van der Waals surface area contributed by atoms with Gasteiger partial charge in [-0.3, -0.25) is 0 Å². The van der Waals surface area contributed by atoms with Crippen LogP contribution in [0.4, 0.5) is 45.5 Å². The molecule has 6 aliphatic rings. The molecule has 0 N–H and O–H groups in total. The number of hydrogen-bond acceptors (Lipinski definition) is 4. The maximum absolute atomic E-state index is 6.80. The molecule has 15 rings (SSSR count). The molecular weight excluding hydrogens is 982 g/mol. The Hall–Kier alpha value is -6.98. The number of fused-ring (bicyclic) bond motifs is 13. The molecular formula is C76H80BN3O. The second-order valence-electron chi connectivity index (χ2n) is 29.6. The Balaban J connectivity index is 1.06. The number of nitrogens with zero attached hydrogens (tertiary/aromatic N) is 3. The Morgan fingerprint density at radius 1 is 0.457 bits per heavy atom. The lowest BCUT2D eigenvalue weighted by molar-refractivity contribution is 0.195. The van der Waals surface area contributed by atoms with Crippen LogP contribution in [-0.2, 0) is 32.5 Å². The first-order chi connectivity index (χ1) is 38.3. The van der Waals surface area contributed by atoms with E-state index in [0.717, 1.165) is 40.5 Å². The molecule has 1 aromatic heterocycles. The Morgan fingerprint density at radius 2 is 1.06 bits per heavy atom. The lowest BCUT2D eigenvalue weighted by atomic mass is 9.33. The lowest BCUT2D eigenvalue weighted by Gasteiger charge is -2.51. The summed E-state index contributed by atoms with van der Waals surface area (Å²) in [6.45, 7) is 36.7. The molecule has 0 radical (unpaired) electrons. The summed E-state index contributed by atoms with van der Waals surface area (Å²) >= 11 is 0. The van der Waals surface area contributed by atoms with E-state index in [4.69, 9.17) is 4.42 Å². The predicted molar refractivity (Wildman–Crippen MR) is 345 cm³/mol. The van der Waals surface area contributed by atoms with Crippen molar-refractivity contribution in [1.82, 2.24) is 0 Å². The fourth-order valence-corrected chi connectivity index (χ4v) is 17.2. The largest absolute Gasteiger partial charge is 0.456 e. The third kappa shape index (κ3) is 6.73. The number of para-hydroxylation sites is 1. The molecule has 0 amide bonds. The Morgan fingerprint density at radius 3 is 1.77 bits per heavy atom. The summed E-state index contributed by atoms with van der Waals surface area (Å²) in [5.74, 6) is 0. The van der Waals surface area contributed by atoms with Crippen molar-refractivity contribution in [3.63, 3.8) is 0 Å². The van der Waals surface area contributed by atoms with Crippen LogP contribution in [0.3, 0.4) is 0 Å². The average Bonchev–Trinajstić information content (AvgIpc) is 4.14. The van der Waals surface area contributed by atoms with Gasteiger partial charge in [-0.05, 0) is 195 Å². The molecule has 3 aliphatic carbocycles. The van der Waals surface area contributed by atoms with E-state index in [0.29, 0.717) is 0 Å². The van der Waals surface area contributed by atoms with Crippen LogP contribution in [-0.4, -0.2) is 12.3 Å². The van der Waals surface area contributed by atoms with E-state index in [-0.39, 0.29) is 44.7 Å². The van der Waals surface area contributed by atoms with Crippen LogP contribution in [0.2, 0.25) is 0 Å². The first-order valence-corrected chi connectivity index (χ1v) is 30.5. The van der Waals surface area contributed by atoms with Crippen molar-refractivity contribution < 1.29 is 4.42 Å². The quantitative estimate of drug-likeness (QED) is 0.165. The highest BCUT2D eigenvalue weighted by Gasteiger charge is 2.58. The minimum absolute atomic E-state index is 0.0127. The van der Waals surface area contributed by atoms with Crippen molar-refractivity contribution in [2.75, 3.05) is 14.7 Å². The Bertz CT molecular complexity index is 4220. The van der Waals surface area contributed by atoms with Crippen molar-refractivity contribution in [3.8, 4) is 0 Å². The summed E-state index contributed by atoms with van der Waals surface area (Å²) in [6, 6.07) is 55.5. The molecule has 81 heavy (non-hydrogen) atoms. The number of furan rings is 1. The summed E-state index contributed by atoms with van der Waals surface area (Å²) in [6.07, 6.45) is 7.13. The van der Waals surface area contributed by atoms with Gasteiger partial charge in [-0.15, -0.1) is 0 Å². The van der Waals surface area contributed by atoms with Crippen molar-refractivity contribution in [3.05, 3.63) is 195 Å². The molecule has 4 nitrogen and oxygen atoms in total. The molecule has 0 spiro atoms. The van der Waals surface area contributed by atoms with Gasteiger partial charge in [0.1, 0.15) is 11.2 Å². The SMILES string of the molecule is Cc1cc2c3c(c1)N(c1cccc4oc5ccccc5c14)c1cc(N4c5ccc(C(C)(C)C)cc5C5(C)CCCCC45C)ccc1B3c1cc3c(cc1N2c1cc2c(cc1C)C(C)(C)CCC2(C)C)C(C)(C)c1ccccc1C3(C)C. The molecule has 4 heterocycles. The standard InChI is InChI=1S/C76H80BN3O/c1-45-37-64-69-65(38-45)79(61-43-53-52(39-46(61)2)71(6,7)35-36-72(53,8)9)63-44-55-54(73(10,11)50-24-17-18-25-51(50)74(55,12)13)42-58(63)77(69)57-31-30-48(41-62(57)78(64)60-26-22-28-67-68(60)49-23-16-19-27-66(49)81-67)80-59-32-29-47(70(3,4)5)40-56(59)75(14)33-20-21-34-76(75,80)15/h16-19,22-32,37-44H,20-21,33-36H2,1-15H3. The maximum Gasteiger partial charge on any atom is 0.252 e. The molecule has 8 aromatic carbocycles. The van der Waals surface area contributed by atoms with Crippen LogP contribution in [0.5, 0.6) is 0 Å². The highest BCUT2D eigenvalue weighted by atomic mass is 16.3. The Labute approximate surface area is 482 Å². The van der Waals surface area contributed by atoms with E-state index >= 15 is 0 Å². The summed E-state index contributed by atoms with van der Waals surface area (Å²) in [7, 11) is 0. The molecule has 9 aromatic rings. The minimum Gasteiger partial charge on any atom is -0.456 e. The molecule has 0 bridgehead atoms. The molecule has 1 saturated carbocycles. The van der Waals surface area contributed by atoms with Crippen LogP contribution in [0, 0.1) is 13.8 Å². The summed E-state index contributed by atoms with van der Waals surface area (Å²) in [5, 5.41) is 2.28. The van der Waals surface area contributed by atoms with Gasteiger partial charge in [0, 0.05) is 61.4 Å². The molecule has 408 valence electrons. The van der Waals surface area contributed by atoms with Gasteiger partial charge in [-0.1, -0.05) is 175 Å². The van der Waals surface area contributed by atoms with E-state index in [1.807, 2.05) is 0 Å². The normalized spacial score (nSPS) is 22.1. The topological polar surface area (TPSA) is 22.9 Å². The van der Waals surface area contributed by atoms with Crippen LogP contribution in [0.1, 0.15) is 184 Å². The van der Waals surface area contributed by atoms with Gasteiger partial charge in [0.2, 0.25) is 0 Å². The van der Waals surface area contributed by atoms with Crippen LogP contribution in [0.15, 0.2) is 144 Å². The third-order valence-electron chi connectivity index (χ3n) is 22.2. The summed E-state index contributed by atoms with van der Waals surface area (Å²) in [4.78, 5) is 8.20. The van der Waals surface area contributed by atoms with Gasteiger partial charge >= 0.3 is 0 Å². The maximum atomic E-state index is 6.80. The highest BCUT2D eigenvalue weighted by molar-refractivity contribution is 7.00. The molecule has 0 saturated heterocycles. The minimum atomic E-state index is -0.238. The first-order valence-electron chi connectivity index (χ1n) is 30.5. The summed E-state index contributed by atoms with van der Waals surface area (Å²) < 4.78 is 6.80. The van der Waals surface area contributed by atoms with Gasteiger partial charge in [0.25, 0.3) is 6.71 Å². The lowest BCUT2D eigenvalue weighted by Crippen LogP contribution is -2.62. The van der Waals surface area contributed by atoms with Gasteiger partial charge in [-0.25, -0.2) is 0 Å². The number of aryl methyl sites for hydroxylation is 2. The van der Waals surface area contributed by atoms with E-state index < -0.39 is 0 Å². The van der Waals surface area contributed by atoms with E-state index in [1.165, 1.54) is 138 Å². The highest BCUT2D eigenvalue weighted by Crippen LogP contribution is 2.62. The number of rotatable bonds is 3.